The maximum atomic E-state index is 10.9. The van der Waals surface area contributed by atoms with Crippen molar-refractivity contribution < 1.29 is 14.6 Å². The highest BCUT2D eigenvalue weighted by molar-refractivity contribution is 5.66. The molecule has 0 heterocycles. The number of rotatable bonds is 3. The molecule has 1 rings (SSSR count). The molecule has 0 aliphatic heterocycles. The summed E-state index contributed by atoms with van der Waals surface area (Å²) in [6.07, 6.45) is 6.34. The van der Waals surface area contributed by atoms with Gasteiger partial charge in [-0.25, -0.2) is 0 Å². The number of aliphatic hydroxyl groups is 1. The van der Waals surface area contributed by atoms with E-state index in [1.165, 1.54) is 12.5 Å². The van der Waals surface area contributed by atoms with E-state index in [-0.39, 0.29) is 17.3 Å². The van der Waals surface area contributed by atoms with Crippen molar-refractivity contribution in [1.29, 1.82) is 0 Å². The predicted molar refractivity (Wildman–Crippen MR) is 70.7 cm³/mol. The lowest BCUT2D eigenvalue weighted by Gasteiger charge is -2.42. The molecule has 0 saturated heterocycles. The van der Waals surface area contributed by atoms with E-state index in [0.717, 1.165) is 18.4 Å². The van der Waals surface area contributed by atoms with E-state index >= 15 is 0 Å². The average Bonchev–Trinajstić information content (AvgIpc) is 2.26. The second-order valence-corrected chi connectivity index (χ2v) is 5.52. The van der Waals surface area contributed by atoms with Crippen LogP contribution in [0, 0.1) is 23.7 Å². The first-order chi connectivity index (χ1) is 8.30. The summed E-state index contributed by atoms with van der Waals surface area (Å²) in [6.45, 7) is 7.86. The molecule has 2 atom stereocenters. The molecule has 1 aliphatic rings. The number of carbonyl (C=O) groups excluding carboxylic acids is 1. The Bertz CT molecular complexity index is 398. The molecule has 0 fully saturated rings. The lowest BCUT2D eigenvalue weighted by atomic mass is 9.64. The molecule has 0 radical (unpaired) electrons. The van der Waals surface area contributed by atoms with Gasteiger partial charge in [0, 0.05) is 12.8 Å². The van der Waals surface area contributed by atoms with E-state index in [1.807, 2.05) is 0 Å². The first-order valence-electron chi connectivity index (χ1n) is 6.27. The Balaban J connectivity index is 2.98. The van der Waals surface area contributed by atoms with Crippen LogP contribution in [-0.4, -0.2) is 23.8 Å². The van der Waals surface area contributed by atoms with Crippen LogP contribution in [0.4, 0.5) is 0 Å². The first kappa shape index (κ1) is 14.8. The van der Waals surface area contributed by atoms with Crippen molar-refractivity contribution in [1.82, 2.24) is 0 Å². The molecular weight excluding hydrogens is 228 g/mol. The molecule has 100 valence electrons. The zero-order valence-electron chi connectivity index (χ0n) is 11.6. The van der Waals surface area contributed by atoms with Gasteiger partial charge < -0.3 is 9.84 Å². The largest absolute Gasteiger partial charge is 0.461 e. The summed E-state index contributed by atoms with van der Waals surface area (Å²) >= 11 is 0. The third-order valence-corrected chi connectivity index (χ3v) is 4.02. The minimum absolute atomic E-state index is 0.0109. The van der Waals surface area contributed by atoms with Gasteiger partial charge in [0.2, 0.25) is 0 Å². The normalized spacial score (nSPS) is 24.3. The number of hydrogen-bond acceptors (Lipinski definition) is 3. The number of carbonyl (C=O) groups is 1. The number of hydrogen-bond donors (Lipinski definition) is 1. The molecule has 0 saturated carbocycles. The fourth-order valence-electron chi connectivity index (χ4n) is 2.81. The van der Waals surface area contributed by atoms with Crippen molar-refractivity contribution in [3.63, 3.8) is 0 Å². The molecule has 0 aromatic carbocycles. The minimum atomic E-state index is -0.750. The number of aliphatic hydroxyl groups excluding tert-OH is 1. The minimum Gasteiger partial charge on any atom is -0.461 e. The Morgan fingerprint density at radius 2 is 2.28 bits per heavy atom. The van der Waals surface area contributed by atoms with Gasteiger partial charge in [-0.3, -0.25) is 4.79 Å². The zero-order chi connectivity index (χ0) is 13.9. The van der Waals surface area contributed by atoms with Crippen molar-refractivity contribution in [3.05, 3.63) is 11.1 Å². The van der Waals surface area contributed by atoms with Gasteiger partial charge in [-0.15, -0.1) is 6.42 Å². The molecule has 3 nitrogen and oxygen atoms in total. The number of esters is 1. The van der Waals surface area contributed by atoms with Crippen LogP contribution < -0.4 is 0 Å². The van der Waals surface area contributed by atoms with Crippen LogP contribution in [0.15, 0.2) is 11.1 Å². The predicted octanol–water partition coefficient (Wildman–Crippen LogP) is 2.30. The average molecular weight is 250 g/mol. The lowest BCUT2D eigenvalue weighted by molar-refractivity contribution is -0.140. The number of terminal acetylenes is 1. The van der Waals surface area contributed by atoms with E-state index in [0.29, 0.717) is 6.61 Å². The van der Waals surface area contributed by atoms with Gasteiger partial charge in [-0.05, 0) is 30.8 Å². The summed E-state index contributed by atoms with van der Waals surface area (Å²) in [5, 5.41) is 9.93. The van der Waals surface area contributed by atoms with Crippen molar-refractivity contribution in [3.8, 4) is 12.3 Å². The van der Waals surface area contributed by atoms with Crippen LogP contribution in [-0.2, 0) is 9.53 Å². The summed E-state index contributed by atoms with van der Waals surface area (Å²) in [5.41, 5.74) is 2.08. The van der Waals surface area contributed by atoms with Gasteiger partial charge in [-0.2, -0.15) is 0 Å². The van der Waals surface area contributed by atoms with Crippen molar-refractivity contribution in [2.45, 2.75) is 46.6 Å². The van der Waals surface area contributed by atoms with E-state index in [9.17, 15) is 9.90 Å². The summed E-state index contributed by atoms with van der Waals surface area (Å²) in [7, 11) is 0. The summed E-state index contributed by atoms with van der Waals surface area (Å²) in [4.78, 5) is 10.9. The molecule has 2 unspecified atom stereocenters. The topological polar surface area (TPSA) is 46.5 Å². The second-order valence-electron chi connectivity index (χ2n) is 5.52. The van der Waals surface area contributed by atoms with Gasteiger partial charge in [0.1, 0.15) is 12.7 Å². The van der Waals surface area contributed by atoms with Gasteiger partial charge in [0.15, 0.2) is 0 Å². The Labute approximate surface area is 109 Å². The van der Waals surface area contributed by atoms with E-state index in [2.05, 4.69) is 26.7 Å². The fourth-order valence-corrected chi connectivity index (χ4v) is 2.81. The molecule has 1 aliphatic carbocycles. The molecule has 0 aromatic rings. The van der Waals surface area contributed by atoms with Crippen LogP contribution in [0.5, 0.6) is 0 Å². The van der Waals surface area contributed by atoms with Crippen LogP contribution in [0.3, 0.4) is 0 Å². The van der Waals surface area contributed by atoms with E-state index < -0.39 is 6.10 Å². The Morgan fingerprint density at radius 3 is 2.78 bits per heavy atom. The molecule has 0 amide bonds. The smallest absolute Gasteiger partial charge is 0.302 e. The summed E-state index contributed by atoms with van der Waals surface area (Å²) in [5.74, 6) is 2.14. The van der Waals surface area contributed by atoms with Gasteiger partial charge >= 0.3 is 5.97 Å². The maximum absolute atomic E-state index is 10.9. The Hall–Kier alpha value is -1.27. The molecule has 1 N–H and O–H groups in total. The molecule has 3 heteroatoms. The zero-order valence-corrected chi connectivity index (χ0v) is 11.6. The molecule has 0 bridgehead atoms. The van der Waals surface area contributed by atoms with Gasteiger partial charge in [0.25, 0.3) is 0 Å². The fraction of sp³-hybridized carbons (Fsp3) is 0.667. The molecule has 18 heavy (non-hydrogen) atoms. The quantitative estimate of drug-likeness (QED) is 0.475. The maximum Gasteiger partial charge on any atom is 0.302 e. The second kappa shape index (κ2) is 5.58. The summed E-state index contributed by atoms with van der Waals surface area (Å²) < 4.78 is 5.12. The highest BCUT2D eigenvalue weighted by atomic mass is 16.5. The van der Waals surface area contributed by atoms with Crippen molar-refractivity contribution in [2.75, 3.05) is 6.61 Å². The van der Waals surface area contributed by atoms with Crippen molar-refractivity contribution in [2.24, 2.45) is 11.3 Å². The van der Waals surface area contributed by atoms with Crippen molar-refractivity contribution >= 4 is 5.97 Å². The SMILES string of the molecule is C#CC(O)C1CCC(C)=C(COC(C)=O)C1(C)C. The van der Waals surface area contributed by atoms with Crippen LogP contribution in [0.25, 0.3) is 0 Å². The third-order valence-electron chi connectivity index (χ3n) is 4.02. The Morgan fingerprint density at radius 1 is 1.67 bits per heavy atom. The lowest BCUT2D eigenvalue weighted by Crippen LogP contribution is -2.39. The highest BCUT2D eigenvalue weighted by Crippen LogP contribution is 2.46. The molecule has 0 spiro atoms. The van der Waals surface area contributed by atoms with Gasteiger partial charge in [0.05, 0.1) is 0 Å². The molecule has 0 aromatic heterocycles. The summed E-state index contributed by atoms with van der Waals surface area (Å²) in [6, 6.07) is 0. The van der Waals surface area contributed by atoms with Gasteiger partial charge in [-0.1, -0.05) is 25.3 Å². The highest BCUT2D eigenvalue weighted by Gasteiger charge is 2.40. The monoisotopic (exact) mass is 250 g/mol. The van der Waals surface area contributed by atoms with Crippen LogP contribution in [0.2, 0.25) is 0 Å². The van der Waals surface area contributed by atoms with Crippen LogP contribution >= 0.6 is 0 Å². The van der Waals surface area contributed by atoms with E-state index in [1.54, 1.807) is 0 Å². The number of ether oxygens (including phenoxy) is 1. The Kier molecular flexibility index (Phi) is 4.59. The van der Waals surface area contributed by atoms with Crippen LogP contribution in [0.1, 0.15) is 40.5 Å². The van der Waals surface area contributed by atoms with E-state index in [4.69, 9.17) is 11.2 Å². The molecular formula is C15H22O3. The standard InChI is InChI=1S/C15H22O3/c1-6-14(17)12-8-7-10(2)13(15(12,4)5)9-18-11(3)16/h1,12,14,17H,7-9H2,2-5H3. The third kappa shape index (κ3) is 2.94. The number of allylic oxidation sites excluding steroid dienone is 1. The first-order valence-corrected chi connectivity index (χ1v) is 6.27.